The first-order chi connectivity index (χ1) is 13.0. The molecule has 0 fully saturated rings. The first-order valence-electron chi connectivity index (χ1n) is 8.66. The third-order valence-electron chi connectivity index (χ3n) is 4.17. The molecular weight excluding hydrogens is 344 g/mol. The Labute approximate surface area is 156 Å². The van der Waals surface area contributed by atoms with Gasteiger partial charge in [-0.1, -0.05) is 12.1 Å². The number of aromatic nitrogens is 2. The maximum Gasteiger partial charge on any atom is 0.265 e. The minimum Gasteiger partial charge on any atom is -0.355 e. The summed E-state index contributed by atoms with van der Waals surface area (Å²) in [5.74, 6) is -0.597. The number of para-hydroxylation sites is 1. The van der Waals surface area contributed by atoms with Crippen LogP contribution < -0.4 is 16.2 Å². The molecule has 138 valence electrons. The molecule has 0 aliphatic heterocycles. The molecular formula is C20H20N4O3. The van der Waals surface area contributed by atoms with Crippen LogP contribution in [-0.2, 0) is 4.79 Å². The molecule has 0 radical (unpaired) electrons. The summed E-state index contributed by atoms with van der Waals surface area (Å²) in [7, 11) is 0. The fraction of sp³-hybridized carbons (Fsp3) is 0.200. The zero-order valence-corrected chi connectivity index (χ0v) is 15.1. The molecule has 3 rings (SSSR count). The number of carbonyl (C=O) groups is 2. The van der Waals surface area contributed by atoms with Crippen molar-refractivity contribution < 1.29 is 9.59 Å². The molecule has 0 saturated carbocycles. The second kappa shape index (κ2) is 7.82. The van der Waals surface area contributed by atoms with Crippen LogP contribution in [0.4, 0.5) is 0 Å². The van der Waals surface area contributed by atoms with E-state index in [-0.39, 0.29) is 17.4 Å². The van der Waals surface area contributed by atoms with Crippen molar-refractivity contribution in [2.45, 2.75) is 19.9 Å². The van der Waals surface area contributed by atoms with E-state index in [1.807, 2.05) is 13.0 Å². The van der Waals surface area contributed by atoms with Crippen LogP contribution >= 0.6 is 0 Å². The lowest BCUT2D eigenvalue weighted by atomic mass is 10.1. The number of carbonyl (C=O) groups excluding carboxylic acids is 2. The van der Waals surface area contributed by atoms with Crippen molar-refractivity contribution in [2.75, 3.05) is 6.54 Å². The predicted octanol–water partition coefficient (Wildman–Crippen LogP) is 1.64. The SMILES string of the molecule is CCNC(=O)[C@@H](C)NC(=O)c1ccc(-n2cnc3ccccc3c2=O)cc1. The normalized spacial score (nSPS) is 11.8. The van der Waals surface area contributed by atoms with E-state index in [1.165, 1.54) is 10.9 Å². The smallest absolute Gasteiger partial charge is 0.265 e. The number of nitrogens with zero attached hydrogens (tertiary/aromatic N) is 2. The van der Waals surface area contributed by atoms with Crippen molar-refractivity contribution in [3.8, 4) is 5.69 Å². The minimum atomic E-state index is -0.635. The fourth-order valence-corrected chi connectivity index (χ4v) is 2.70. The highest BCUT2D eigenvalue weighted by Crippen LogP contribution is 2.11. The Morgan fingerprint density at radius 2 is 1.81 bits per heavy atom. The number of benzene rings is 2. The van der Waals surface area contributed by atoms with Gasteiger partial charge in [-0.05, 0) is 50.2 Å². The van der Waals surface area contributed by atoms with Gasteiger partial charge in [0.25, 0.3) is 11.5 Å². The zero-order chi connectivity index (χ0) is 19.4. The van der Waals surface area contributed by atoms with Crippen molar-refractivity contribution in [1.82, 2.24) is 20.2 Å². The van der Waals surface area contributed by atoms with Gasteiger partial charge >= 0.3 is 0 Å². The van der Waals surface area contributed by atoms with E-state index in [4.69, 9.17) is 0 Å². The summed E-state index contributed by atoms with van der Waals surface area (Å²) in [5, 5.41) is 5.82. The van der Waals surface area contributed by atoms with Crippen LogP contribution in [0.3, 0.4) is 0 Å². The summed E-state index contributed by atoms with van der Waals surface area (Å²) in [4.78, 5) is 40.9. The molecule has 7 heteroatoms. The highest BCUT2D eigenvalue weighted by Gasteiger charge is 2.16. The van der Waals surface area contributed by atoms with Gasteiger partial charge in [0.1, 0.15) is 12.4 Å². The first-order valence-corrected chi connectivity index (χ1v) is 8.66. The molecule has 27 heavy (non-hydrogen) atoms. The molecule has 0 bridgehead atoms. The van der Waals surface area contributed by atoms with Gasteiger partial charge in [-0.25, -0.2) is 4.98 Å². The largest absolute Gasteiger partial charge is 0.355 e. The van der Waals surface area contributed by atoms with Gasteiger partial charge in [0, 0.05) is 12.1 Å². The number of amides is 2. The molecule has 1 heterocycles. The van der Waals surface area contributed by atoms with Crippen molar-refractivity contribution >= 4 is 22.7 Å². The molecule has 1 atom stereocenters. The summed E-state index contributed by atoms with van der Waals surface area (Å²) < 4.78 is 1.43. The molecule has 2 N–H and O–H groups in total. The van der Waals surface area contributed by atoms with Crippen LogP contribution in [-0.4, -0.2) is 34.0 Å². The molecule has 2 aromatic carbocycles. The van der Waals surface area contributed by atoms with Crippen LogP contribution in [0.1, 0.15) is 24.2 Å². The molecule has 0 aliphatic rings. The van der Waals surface area contributed by atoms with E-state index in [1.54, 1.807) is 49.4 Å². The van der Waals surface area contributed by atoms with Crippen molar-refractivity contribution in [1.29, 1.82) is 0 Å². The van der Waals surface area contributed by atoms with Crippen LogP contribution in [0.15, 0.2) is 59.7 Å². The van der Waals surface area contributed by atoms with Crippen LogP contribution in [0, 0.1) is 0 Å². The van der Waals surface area contributed by atoms with Crippen LogP contribution in [0.2, 0.25) is 0 Å². The van der Waals surface area contributed by atoms with Gasteiger partial charge in [-0.2, -0.15) is 0 Å². The average molecular weight is 364 g/mol. The average Bonchev–Trinajstić information content (AvgIpc) is 2.69. The number of nitrogens with one attached hydrogen (secondary N) is 2. The quantitative estimate of drug-likeness (QED) is 0.720. The van der Waals surface area contributed by atoms with Crippen molar-refractivity contribution in [2.24, 2.45) is 0 Å². The Balaban J connectivity index is 1.81. The van der Waals surface area contributed by atoms with Gasteiger partial charge in [0.15, 0.2) is 0 Å². The molecule has 0 saturated heterocycles. The molecule has 3 aromatic rings. The van der Waals surface area contributed by atoms with Crippen molar-refractivity contribution in [3.63, 3.8) is 0 Å². The summed E-state index contributed by atoms with van der Waals surface area (Å²) in [6.45, 7) is 3.94. The minimum absolute atomic E-state index is 0.178. The molecule has 7 nitrogen and oxygen atoms in total. The molecule has 0 unspecified atom stereocenters. The third-order valence-corrected chi connectivity index (χ3v) is 4.17. The van der Waals surface area contributed by atoms with Crippen LogP contribution in [0.5, 0.6) is 0 Å². The highest BCUT2D eigenvalue weighted by molar-refractivity contribution is 5.97. The number of hydrogen-bond acceptors (Lipinski definition) is 4. The summed E-state index contributed by atoms with van der Waals surface area (Å²) in [6.07, 6.45) is 1.47. The standard InChI is InChI=1S/C20H20N4O3/c1-3-21-18(25)13(2)23-19(26)14-8-10-15(11-9-14)24-12-22-17-7-5-4-6-16(17)20(24)27/h4-13H,3H2,1-2H3,(H,21,25)(H,23,26)/t13-/m1/s1. The van der Waals surface area contributed by atoms with E-state index in [9.17, 15) is 14.4 Å². The van der Waals surface area contributed by atoms with Gasteiger partial charge < -0.3 is 10.6 Å². The number of rotatable bonds is 5. The fourth-order valence-electron chi connectivity index (χ4n) is 2.70. The lowest BCUT2D eigenvalue weighted by Crippen LogP contribution is -2.44. The maximum atomic E-state index is 12.6. The lowest BCUT2D eigenvalue weighted by molar-refractivity contribution is -0.122. The van der Waals surface area contributed by atoms with Crippen LogP contribution in [0.25, 0.3) is 16.6 Å². The Kier molecular flexibility index (Phi) is 5.30. The Hall–Kier alpha value is -3.48. The highest BCUT2D eigenvalue weighted by atomic mass is 16.2. The molecule has 1 aromatic heterocycles. The molecule has 0 aliphatic carbocycles. The third kappa shape index (κ3) is 3.87. The van der Waals surface area contributed by atoms with Gasteiger partial charge in [-0.15, -0.1) is 0 Å². The molecule has 2 amide bonds. The lowest BCUT2D eigenvalue weighted by Gasteiger charge is -2.13. The van der Waals surface area contributed by atoms with E-state index in [2.05, 4.69) is 15.6 Å². The summed E-state index contributed by atoms with van der Waals surface area (Å²) in [6, 6.07) is 13.0. The zero-order valence-electron chi connectivity index (χ0n) is 15.1. The molecule has 0 spiro atoms. The number of likely N-dealkylation sites (N-methyl/N-ethyl adjacent to an activating group) is 1. The monoisotopic (exact) mass is 364 g/mol. The van der Waals surface area contributed by atoms with E-state index >= 15 is 0 Å². The number of fused-ring (bicyclic) bond motifs is 1. The number of hydrogen-bond donors (Lipinski definition) is 2. The summed E-state index contributed by atoms with van der Waals surface area (Å²) >= 11 is 0. The van der Waals surface area contributed by atoms with Gasteiger partial charge in [0.05, 0.1) is 16.6 Å². The Morgan fingerprint density at radius 1 is 1.11 bits per heavy atom. The Morgan fingerprint density at radius 3 is 2.52 bits per heavy atom. The van der Waals surface area contributed by atoms with E-state index < -0.39 is 6.04 Å². The van der Waals surface area contributed by atoms with E-state index in [0.29, 0.717) is 28.7 Å². The predicted molar refractivity (Wildman–Crippen MR) is 103 cm³/mol. The van der Waals surface area contributed by atoms with Gasteiger partial charge in [-0.3, -0.25) is 19.0 Å². The maximum absolute atomic E-state index is 12.6. The van der Waals surface area contributed by atoms with E-state index in [0.717, 1.165) is 0 Å². The summed E-state index contributed by atoms with van der Waals surface area (Å²) in [5.41, 5.74) is 1.46. The second-order valence-corrected chi connectivity index (χ2v) is 6.07. The first kappa shape index (κ1) is 18.3. The van der Waals surface area contributed by atoms with Gasteiger partial charge in [0.2, 0.25) is 5.91 Å². The second-order valence-electron chi connectivity index (χ2n) is 6.07. The van der Waals surface area contributed by atoms with Crippen molar-refractivity contribution in [3.05, 3.63) is 70.8 Å². The topological polar surface area (TPSA) is 93.1 Å². The Bertz CT molecular complexity index is 1040.